The van der Waals surface area contributed by atoms with E-state index in [9.17, 15) is 27.6 Å². The quantitative estimate of drug-likeness (QED) is 0.610. The highest BCUT2D eigenvalue weighted by molar-refractivity contribution is 6.31. The standard InChI is InChI=1S/C20H15ClF3N3O4/c1-27(10-17(28)25-11-4-6-14(21)13(9-11)20(22,23)24)19(30)12-5-7-15(26-18(12)29)16-3-2-8-31-16/h2-9H,10H2,1H3,(H,25,28)(H,26,29). The lowest BCUT2D eigenvalue weighted by Crippen LogP contribution is -2.37. The van der Waals surface area contributed by atoms with Crippen LogP contribution in [-0.4, -0.2) is 35.3 Å². The van der Waals surface area contributed by atoms with Gasteiger partial charge in [-0.2, -0.15) is 13.2 Å². The Hall–Kier alpha value is -3.53. The number of nitrogens with one attached hydrogen (secondary N) is 2. The molecule has 2 amide bonds. The summed E-state index contributed by atoms with van der Waals surface area (Å²) in [6.07, 6.45) is -3.26. The first-order valence-electron chi connectivity index (χ1n) is 8.75. The van der Waals surface area contributed by atoms with Gasteiger partial charge in [0.25, 0.3) is 11.5 Å². The van der Waals surface area contributed by atoms with Crippen molar-refractivity contribution in [2.75, 3.05) is 18.9 Å². The van der Waals surface area contributed by atoms with Crippen molar-refractivity contribution in [2.45, 2.75) is 6.18 Å². The van der Waals surface area contributed by atoms with E-state index in [0.717, 1.165) is 11.0 Å². The molecule has 2 heterocycles. The lowest BCUT2D eigenvalue weighted by Gasteiger charge is -2.17. The zero-order chi connectivity index (χ0) is 22.8. The van der Waals surface area contributed by atoms with Crippen LogP contribution in [0.25, 0.3) is 11.5 Å². The first kappa shape index (κ1) is 22.2. The molecule has 0 spiro atoms. The van der Waals surface area contributed by atoms with Gasteiger partial charge < -0.3 is 19.6 Å². The molecule has 2 N–H and O–H groups in total. The van der Waals surface area contributed by atoms with Gasteiger partial charge in [0.15, 0.2) is 0 Å². The minimum Gasteiger partial charge on any atom is -0.463 e. The Morgan fingerprint density at radius 1 is 1.19 bits per heavy atom. The Balaban J connectivity index is 1.69. The van der Waals surface area contributed by atoms with Gasteiger partial charge in [-0.05, 0) is 42.5 Å². The van der Waals surface area contributed by atoms with Crippen molar-refractivity contribution in [1.82, 2.24) is 9.88 Å². The number of nitrogens with zero attached hydrogens (tertiary/aromatic N) is 1. The van der Waals surface area contributed by atoms with Crippen molar-refractivity contribution in [3.8, 4) is 11.5 Å². The van der Waals surface area contributed by atoms with Crippen LogP contribution in [-0.2, 0) is 11.0 Å². The number of benzene rings is 1. The number of halogens is 4. The van der Waals surface area contributed by atoms with Crippen LogP contribution in [0.1, 0.15) is 15.9 Å². The van der Waals surface area contributed by atoms with Crippen molar-refractivity contribution >= 4 is 29.1 Å². The van der Waals surface area contributed by atoms with Crippen LogP contribution in [0.15, 0.2) is 57.9 Å². The molecular weight excluding hydrogens is 439 g/mol. The predicted octanol–water partition coefficient (Wildman–Crippen LogP) is 4.02. The van der Waals surface area contributed by atoms with Gasteiger partial charge in [0.2, 0.25) is 5.91 Å². The van der Waals surface area contributed by atoms with Crippen LogP contribution in [0.4, 0.5) is 18.9 Å². The van der Waals surface area contributed by atoms with E-state index < -0.39 is 40.7 Å². The number of hydrogen-bond acceptors (Lipinski definition) is 4. The molecule has 0 saturated heterocycles. The number of aromatic amines is 1. The number of amides is 2. The Bertz CT molecular complexity index is 1170. The molecule has 0 atom stereocenters. The van der Waals surface area contributed by atoms with Crippen molar-refractivity contribution in [2.24, 2.45) is 0 Å². The van der Waals surface area contributed by atoms with E-state index in [0.29, 0.717) is 17.5 Å². The molecule has 0 aliphatic rings. The maximum absolute atomic E-state index is 12.9. The molecule has 0 unspecified atom stereocenters. The summed E-state index contributed by atoms with van der Waals surface area (Å²) in [5.41, 5.74) is -1.76. The van der Waals surface area contributed by atoms with Gasteiger partial charge in [-0.3, -0.25) is 14.4 Å². The highest BCUT2D eigenvalue weighted by Crippen LogP contribution is 2.36. The zero-order valence-corrected chi connectivity index (χ0v) is 16.7. The number of hydrogen-bond donors (Lipinski definition) is 2. The molecule has 0 radical (unpaired) electrons. The van der Waals surface area contributed by atoms with Crippen molar-refractivity contribution in [3.05, 3.63) is 75.2 Å². The van der Waals surface area contributed by atoms with Crippen LogP contribution in [0, 0.1) is 0 Å². The fourth-order valence-corrected chi connectivity index (χ4v) is 2.96. The molecular formula is C20H15ClF3N3O4. The van der Waals surface area contributed by atoms with Gasteiger partial charge in [0, 0.05) is 12.7 Å². The van der Waals surface area contributed by atoms with Crippen LogP contribution in [0.3, 0.4) is 0 Å². The number of carbonyl (C=O) groups excluding carboxylic acids is 2. The number of H-pyrrole nitrogens is 1. The monoisotopic (exact) mass is 453 g/mol. The van der Waals surface area contributed by atoms with Crippen LogP contribution < -0.4 is 10.9 Å². The molecule has 3 aromatic rings. The molecule has 0 aliphatic carbocycles. The normalized spacial score (nSPS) is 11.3. The van der Waals surface area contributed by atoms with E-state index in [1.165, 1.54) is 31.5 Å². The number of pyridine rings is 1. The smallest absolute Gasteiger partial charge is 0.417 e. The van der Waals surface area contributed by atoms with E-state index in [1.807, 2.05) is 0 Å². The van der Waals surface area contributed by atoms with Gasteiger partial charge >= 0.3 is 6.18 Å². The number of likely N-dealkylation sites (N-methyl/N-ethyl adjacent to an activating group) is 1. The zero-order valence-electron chi connectivity index (χ0n) is 15.9. The SMILES string of the molecule is CN(CC(=O)Nc1ccc(Cl)c(C(F)(F)F)c1)C(=O)c1ccc(-c2ccco2)[nH]c1=O. The summed E-state index contributed by atoms with van der Waals surface area (Å²) in [5.74, 6) is -1.09. The van der Waals surface area contributed by atoms with Crippen molar-refractivity contribution in [1.29, 1.82) is 0 Å². The molecule has 0 aliphatic heterocycles. The third kappa shape index (κ3) is 5.15. The average molecular weight is 454 g/mol. The number of anilines is 1. The third-order valence-corrected chi connectivity index (χ3v) is 4.54. The summed E-state index contributed by atoms with van der Waals surface area (Å²) in [5, 5.41) is 1.77. The molecule has 11 heteroatoms. The molecule has 2 aromatic heterocycles. The maximum Gasteiger partial charge on any atom is 0.417 e. The lowest BCUT2D eigenvalue weighted by atomic mass is 10.2. The fourth-order valence-electron chi connectivity index (χ4n) is 2.73. The molecule has 0 bridgehead atoms. The topological polar surface area (TPSA) is 95.4 Å². The molecule has 1 aromatic carbocycles. The number of rotatable bonds is 5. The predicted molar refractivity (Wildman–Crippen MR) is 107 cm³/mol. The van der Waals surface area contributed by atoms with Gasteiger partial charge in [-0.15, -0.1) is 0 Å². The summed E-state index contributed by atoms with van der Waals surface area (Å²) in [4.78, 5) is 40.4. The molecule has 7 nitrogen and oxygen atoms in total. The Labute approximate surface area is 178 Å². The highest BCUT2D eigenvalue weighted by Gasteiger charge is 2.33. The summed E-state index contributed by atoms with van der Waals surface area (Å²) in [7, 11) is 1.28. The largest absolute Gasteiger partial charge is 0.463 e. The third-order valence-electron chi connectivity index (χ3n) is 4.21. The number of alkyl halides is 3. The van der Waals surface area contributed by atoms with Gasteiger partial charge in [-0.25, -0.2) is 0 Å². The van der Waals surface area contributed by atoms with Crippen LogP contribution in [0.2, 0.25) is 5.02 Å². The van der Waals surface area contributed by atoms with E-state index in [1.54, 1.807) is 12.1 Å². The first-order chi connectivity index (χ1) is 14.6. The van der Waals surface area contributed by atoms with E-state index in [-0.39, 0.29) is 11.3 Å². The van der Waals surface area contributed by atoms with E-state index >= 15 is 0 Å². The van der Waals surface area contributed by atoms with Gasteiger partial charge in [0.1, 0.15) is 11.3 Å². The summed E-state index contributed by atoms with van der Waals surface area (Å²) < 4.78 is 44.0. The van der Waals surface area contributed by atoms with Crippen LogP contribution >= 0.6 is 11.6 Å². The van der Waals surface area contributed by atoms with E-state index in [4.69, 9.17) is 16.0 Å². The Morgan fingerprint density at radius 3 is 2.55 bits per heavy atom. The second-order valence-electron chi connectivity index (χ2n) is 6.49. The average Bonchev–Trinajstić information content (AvgIpc) is 3.22. The number of carbonyl (C=O) groups is 2. The van der Waals surface area contributed by atoms with Gasteiger partial charge in [-0.1, -0.05) is 11.6 Å². The lowest BCUT2D eigenvalue weighted by molar-refractivity contribution is -0.137. The Kier molecular flexibility index (Phi) is 6.21. The fraction of sp³-hybridized carbons (Fsp3) is 0.150. The molecule has 0 fully saturated rings. The first-order valence-corrected chi connectivity index (χ1v) is 9.13. The number of furan rings is 1. The molecule has 0 saturated carbocycles. The summed E-state index contributed by atoms with van der Waals surface area (Å²) in [6.45, 7) is -0.498. The second kappa shape index (κ2) is 8.68. The summed E-state index contributed by atoms with van der Waals surface area (Å²) in [6, 6.07) is 8.95. The highest BCUT2D eigenvalue weighted by atomic mass is 35.5. The summed E-state index contributed by atoms with van der Waals surface area (Å²) >= 11 is 5.55. The molecule has 31 heavy (non-hydrogen) atoms. The molecule has 3 rings (SSSR count). The Morgan fingerprint density at radius 2 is 1.94 bits per heavy atom. The maximum atomic E-state index is 12.9. The van der Waals surface area contributed by atoms with Gasteiger partial charge in [0.05, 0.1) is 29.1 Å². The van der Waals surface area contributed by atoms with Crippen molar-refractivity contribution in [3.63, 3.8) is 0 Å². The van der Waals surface area contributed by atoms with E-state index in [2.05, 4.69) is 10.3 Å². The minimum atomic E-state index is -4.69. The molecule has 162 valence electrons. The number of aromatic nitrogens is 1. The van der Waals surface area contributed by atoms with Crippen LogP contribution in [0.5, 0.6) is 0 Å². The minimum absolute atomic E-state index is 0.136. The van der Waals surface area contributed by atoms with Crippen molar-refractivity contribution < 1.29 is 27.2 Å². The second-order valence-corrected chi connectivity index (χ2v) is 6.90.